The lowest BCUT2D eigenvalue weighted by molar-refractivity contribution is -0.135. The van der Waals surface area contributed by atoms with Crippen LogP contribution in [0.15, 0.2) is 69.8 Å². The molecule has 0 radical (unpaired) electrons. The summed E-state index contributed by atoms with van der Waals surface area (Å²) in [5, 5.41) is 20.8. The van der Waals surface area contributed by atoms with Gasteiger partial charge in [0.15, 0.2) is 0 Å². The molecule has 6 nitrogen and oxygen atoms in total. The normalized spacial score (nSPS) is 16.8. The summed E-state index contributed by atoms with van der Waals surface area (Å²) in [4.78, 5) is 17.0. The molecule has 2 N–H and O–H groups in total. The van der Waals surface area contributed by atoms with Crippen LogP contribution in [0.1, 0.15) is 5.56 Å². The van der Waals surface area contributed by atoms with E-state index >= 15 is 0 Å². The average molecular weight is 383 g/mol. The Balaban J connectivity index is 2.03. The van der Waals surface area contributed by atoms with E-state index in [0.717, 1.165) is 11.8 Å². The molecule has 1 heterocycles. The number of benzene rings is 2. The van der Waals surface area contributed by atoms with E-state index in [1.807, 2.05) is 0 Å². The van der Waals surface area contributed by atoms with Crippen LogP contribution in [0.5, 0.6) is 11.5 Å². The minimum Gasteiger partial charge on any atom is -0.507 e. The summed E-state index contributed by atoms with van der Waals surface area (Å²) in [6, 6.07) is 13.7. The number of para-hydroxylation sites is 1. The van der Waals surface area contributed by atoms with E-state index in [2.05, 4.69) is 4.99 Å². The predicted octanol–water partition coefficient (Wildman–Crippen LogP) is 4.20. The molecule has 2 aromatic carbocycles. The molecule has 0 bridgehead atoms. The molecule has 0 amide bonds. The van der Waals surface area contributed by atoms with E-state index in [1.165, 1.54) is 7.11 Å². The number of aliphatic hydroxyl groups excluding tert-OH is 1. The van der Waals surface area contributed by atoms with Gasteiger partial charge in [0.25, 0.3) is 0 Å². The van der Waals surface area contributed by atoms with Crippen molar-refractivity contribution in [3.05, 3.63) is 70.3 Å². The number of hydrogen-bond acceptors (Lipinski definition) is 7. The fourth-order valence-corrected chi connectivity index (χ4v) is 3.44. The van der Waals surface area contributed by atoms with Crippen LogP contribution in [0.3, 0.4) is 0 Å². The van der Waals surface area contributed by atoms with Crippen LogP contribution in [0, 0.1) is 0 Å². The number of hydrogen-bond donors (Lipinski definition) is 2. The first kappa shape index (κ1) is 18.6. The molecular formula is C20H17NO5S. The molecule has 0 aliphatic carbocycles. The Kier molecular flexibility index (Phi) is 5.52. The highest BCUT2D eigenvalue weighted by Crippen LogP contribution is 2.41. The van der Waals surface area contributed by atoms with Gasteiger partial charge in [-0.05, 0) is 36.4 Å². The topological polar surface area (TPSA) is 88.4 Å². The van der Waals surface area contributed by atoms with Crippen molar-refractivity contribution in [2.24, 2.45) is 4.99 Å². The molecule has 1 aliphatic rings. The zero-order valence-corrected chi connectivity index (χ0v) is 15.5. The molecule has 0 atom stereocenters. The van der Waals surface area contributed by atoms with Crippen molar-refractivity contribution in [2.75, 3.05) is 14.2 Å². The molecule has 0 fully saturated rings. The molecule has 0 unspecified atom stereocenters. The molecule has 0 spiro atoms. The van der Waals surface area contributed by atoms with Crippen LogP contribution in [-0.4, -0.2) is 35.4 Å². The van der Waals surface area contributed by atoms with Gasteiger partial charge in [-0.2, -0.15) is 0 Å². The quantitative estimate of drug-likeness (QED) is 0.769. The van der Waals surface area contributed by atoms with E-state index in [4.69, 9.17) is 9.47 Å². The highest BCUT2D eigenvalue weighted by Gasteiger charge is 2.33. The molecule has 3 rings (SSSR count). The van der Waals surface area contributed by atoms with E-state index in [0.29, 0.717) is 26.9 Å². The third-order valence-electron chi connectivity index (χ3n) is 3.81. The van der Waals surface area contributed by atoms with Crippen LogP contribution in [0.25, 0.3) is 6.08 Å². The maximum Gasteiger partial charge on any atom is 0.344 e. The van der Waals surface area contributed by atoms with Gasteiger partial charge in [0.1, 0.15) is 27.9 Å². The van der Waals surface area contributed by atoms with Crippen LogP contribution in [-0.2, 0) is 9.53 Å². The monoisotopic (exact) mass is 383 g/mol. The van der Waals surface area contributed by atoms with Gasteiger partial charge in [0, 0.05) is 5.56 Å². The minimum atomic E-state index is -0.687. The van der Waals surface area contributed by atoms with Crippen LogP contribution >= 0.6 is 11.8 Å². The third kappa shape index (κ3) is 3.98. The lowest BCUT2D eigenvalue weighted by Crippen LogP contribution is -2.10. The molecule has 0 saturated heterocycles. The van der Waals surface area contributed by atoms with Gasteiger partial charge in [-0.15, -0.1) is 0 Å². The number of nitrogens with zero attached hydrogens (tertiary/aromatic N) is 1. The molecule has 7 heteroatoms. The number of rotatable bonds is 4. The third-order valence-corrected chi connectivity index (χ3v) is 4.83. The van der Waals surface area contributed by atoms with Crippen molar-refractivity contribution in [3.8, 4) is 11.5 Å². The first-order valence-electron chi connectivity index (χ1n) is 7.96. The lowest BCUT2D eigenvalue weighted by atomic mass is 10.1. The van der Waals surface area contributed by atoms with Gasteiger partial charge < -0.3 is 19.7 Å². The number of aliphatic imine (C=N–C) groups is 1. The van der Waals surface area contributed by atoms with Crippen molar-refractivity contribution >= 4 is 34.5 Å². The summed E-state index contributed by atoms with van der Waals surface area (Å²) < 4.78 is 9.90. The molecule has 0 saturated carbocycles. The van der Waals surface area contributed by atoms with Gasteiger partial charge >= 0.3 is 5.97 Å². The van der Waals surface area contributed by atoms with Gasteiger partial charge in [-0.25, -0.2) is 9.79 Å². The Morgan fingerprint density at radius 1 is 1.07 bits per heavy atom. The first-order chi connectivity index (χ1) is 13.0. The van der Waals surface area contributed by atoms with Gasteiger partial charge in [0.2, 0.25) is 0 Å². The van der Waals surface area contributed by atoms with Gasteiger partial charge in [-0.3, -0.25) is 0 Å². The highest BCUT2D eigenvalue weighted by molar-refractivity contribution is 8.18. The maximum absolute atomic E-state index is 12.2. The fourth-order valence-electron chi connectivity index (χ4n) is 2.42. The van der Waals surface area contributed by atoms with Crippen molar-refractivity contribution in [1.82, 2.24) is 0 Å². The summed E-state index contributed by atoms with van der Waals surface area (Å²) >= 11 is 1.12. The van der Waals surface area contributed by atoms with Crippen LogP contribution in [0.2, 0.25) is 0 Å². The number of methoxy groups -OCH3 is 2. The summed E-state index contributed by atoms with van der Waals surface area (Å²) in [6.07, 6.45) is 1.59. The standard InChI is InChI=1S/C20H17NO5S/c1-25-14-9-7-13(8-10-14)21-19-17(20(24)26-2)18(23)16(27-19)11-12-5-3-4-6-15(12)22/h3-11,22-23H,1-2H3/b16-11+,21-19?. The van der Waals surface area contributed by atoms with E-state index in [1.54, 1.807) is 61.7 Å². The Morgan fingerprint density at radius 3 is 2.41 bits per heavy atom. The predicted molar refractivity (Wildman–Crippen MR) is 105 cm³/mol. The Bertz CT molecular complexity index is 961. The largest absolute Gasteiger partial charge is 0.507 e. The number of aliphatic hydroxyl groups is 1. The van der Waals surface area contributed by atoms with E-state index in [-0.39, 0.29) is 17.1 Å². The van der Waals surface area contributed by atoms with Crippen molar-refractivity contribution in [2.45, 2.75) is 0 Å². The second-order valence-corrected chi connectivity index (χ2v) is 6.53. The van der Waals surface area contributed by atoms with Crippen molar-refractivity contribution < 1.29 is 24.5 Å². The smallest absolute Gasteiger partial charge is 0.344 e. The number of phenols is 1. The number of phenolic OH excluding ortho intramolecular Hbond substituents is 1. The van der Waals surface area contributed by atoms with Crippen LogP contribution < -0.4 is 4.74 Å². The number of ether oxygens (including phenoxy) is 2. The number of aromatic hydroxyl groups is 1. The summed E-state index contributed by atoms with van der Waals surface area (Å²) in [5.41, 5.74) is 1.10. The molecular weight excluding hydrogens is 366 g/mol. The maximum atomic E-state index is 12.2. The molecule has 138 valence electrons. The fraction of sp³-hybridized carbons (Fsp3) is 0.100. The van der Waals surface area contributed by atoms with Crippen molar-refractivity contribution in [1.29, 1.82) is 0 Å². The first-order valence-corrected chi connectivity index (χ1v) is 8.77. The van der Waals surface area contributed by atoms with Gasteiger partial charge in [0.05, 0.1) is 24.8 Å². The minimum absolute atomic E-state index is 0.0139. The highest BCUT2D eigenvalue weighted by atomic mass is 32.2. The van der Waals surface area contributed by atoms with E-state index in [9.17, 15) is 15.0 Å². The zero-order valence-electron chi connectivity index (χ0n) is 14.7. The molecule has 27 heavy (non-hydrogen) atoms. The Hall–Kier alpha value is -3.19. The molecule has 1 aliphatic heterocycles. The second-order valence-electron chi connectivity index (χ2n) is 5.50. The SMILES string of the molecule is COC(=O)C1=C(O)/C(=C\c2ccccc2O)SC1=Nc1ccc(OC)cc1. The lowest BCUT2D eigenvalue weighted by Gasteiger charge is -2.03. The number of esters is 1. The molecule has 2 aromatic rings. The van der Waals surface area contributed by atoms with Crippen molar-refractivity contribution in [3.63, 3.8) is 0 Å². The number of carbonyl (C=O) groups excluding carboxylic acids is 1. The number of thioether (sulfide) groups is 1. The van der Waals surface area contributed by atoms with E-state index < -0.39 is 5.97 Å². The zero-order chi connectivity index (χ0) is 19.4. The van der Waals surface area contributed by atoms with Crippen LogP contribution in [0.4, 0.5) is 5.69 Å². The number of carbonyl (C=O) groups is 1. The summed E-state index contributed by atoms with van der Waals surface area (Å²) in [6.45, 7) is 0. The summed E-state index contributed by atoms with van der Waals surface area (Å²) in [5.74, 6) is -0.168. The molecule has 0 aromatic heterocycles. The Labute approximate surface area is 160 Å². The second kappa shape index (κ2) is 8.01. The van der Waals surface area contributed by atoms with Gasteiger partial charge in [-0.1, -0.05) is 30.0 Å². The summed E-state index contributed by atoms with van der Waals surface area (Å²) in [7, 11) is 2.81. The Morgan fingerprint density at radius 2 is 1.78 bits per heavy atom. The average Bonchev–Trinajstić information content (AvgIpc) is 2.98.